The molecule has 0 radical (unpaired) electrons. The summed E-state index contributed by atoms with van der Waals surface area (Å²) in [5.74, 6) is 1.48. The third-order valence-electron chi connectivity index (χ3n) is 3.09. The smallest absolute Gasteiger partial charge is 0.161 e. The van der Waals surface area contributed by atoms with Crippen LogP contribution in [0, 0.1) is 6.92 Å². The Hall–Kier alpha value is -2.00. The third-order valence-corrected chi connectivity index (χ3v) is 3.49. The predicted molar refractivity (Wildman–Crippen MR) is 92.2 cm³/mol. The van der Waals surface area contributed by atoms with Gasteiger partial charge in [0, 0.05) is 11.2 Å². The molecule has 3 nitrogen and oxygen atoms in total. The van der Waals surface area contributed by atoms with Crippen LogP contribution in [0.5, 0.6) is 11.5 Å². The Morgan fingerprint density at radius 3 is 2.41 bits per heavy atom. The molecule has 0 amide bonds. The zero-order valence-electron chi connectivity index (χ0n) is 13.1. The van der Waals surface area contributed by atoms with Crippen LogP contribution in [-0.2, 0) is 0 Å². The molecule has 2 aromatic rings. The molecule has 4 heteroatoms. The molecule has 0 aliphatic rings. The highest BCUT2D eigenvalue weighted by molar-refractivity contribution is 6.31. The van der Waals surface area contributed by atoms with Gasteiger partial charge in [0.15, 0.2) is 11.5 Å². The fourth-order valence-electron chi connectivity index (χ4n) is 1.96. The van der Waals surface area contributed by atoms with Gasteiger partial charge in [-0.2, -0.15) is 0 Å². The number of hydrogen-bond acceptors (Lipinski definition) is 3. The molecule has 2 rings (SSSR count). The molecule has 0 fully saturated rings. The van der Waals surface area contributed by atoms with Gasteiger partial charge in [-0.05, 0) is 62.2 Å². The highest BCUT2D eigenvalue weighted by Gasteiger charge is 2.05. The second kappa shape index (κ2) is 7.85. The van der Waals surface area contributed by atoms with Crippen LogP contribution >= 0.6 is 11.6 Å². The molecule has 0 aliphatic heterocycles. The van der Waals surface area contributed by atoms with E-state index in [-0.39, 0.29) is 0 Å². The van der Waals surface area contributed by atoms with E-state index in [9.17, 15) is 0 Å². The van der Waals surface area contributed by atoms with Crippen molar-refractivity contribution >= 4 is 23.5 Å². The molecule has 0 saturated carbocycles. The van der Waals surface area contributed by atoms with Crippen molar-refractivity contribution in [3.05, 3.63) is 52.5 Å². The maximum atomic E-state index is 6.11. The quantitative estimate of drug-likeness (QED) is 0.686. The van der Waals surface area contributed by atoms with Crippen molar-refractivity contribution < 1.29 is 9.47 Å². The van der Waals surface area contributed by atoms with E-state index >= 15 is 0 Å². The first kappa shape index (κ1) is 16.4. The van der Waals surface area contributed by atoms with Crippen molar-refractivity contribution in [3.63, 3.8) is 0 Å². The summed E-state index contributed by atoms with van der Waals surface area (Å²) in [5.41, 5.74) is 2.81. The molecule has 0 aliphatic carbocycles. The van der Waals surface area contributed by atoms with Gasteiger partial charge in [-0.3, -0.25) is 4.99 Å². The Morgan fingerprint density at radius 1 is 1.00 bits per heavy atom. The standard InChI is InChI=1S/C18H20ClNO2/c1-4-21-17-9-7-14(10-18(17)22-5-2)12-20-15-8-6-13(3)16(19)11-15/h6-12H,4-5H2,1-3H3. The molecule has 0 spiro atoms. The van der Waals surface area contributed by atoms with Crippen molar-refractivity contribution in [1.29, 1.82) is 0 Å². The summed E-state index contributed by atoms with van der Waals surface area (Å²) in [6, 6.07) is 11.5. The summed E-state index contributed by atoms with van der Waals surface area (Å²) in [5, 5.41) is 0.719. The third kappa shape index (κ3) is 4.25. The van der Waals surface area contributed by atoms with Crippen LogP contribution in [0.2, 0.25) is 5.02 Å². The van der Waals surface area contributed by atoms with Gasteiger partial charge >= 0.3 is 0 Å². The minimum Gasteiger partial charge on any atom is -0.490 e. The van der Waals surface area contributed by atoms with Gasteiger partial charge in [-0.25, -0.2) is 0 Å². The molecule has 116 valence electrons. The minimum absolute atomic E-state index is 0.592. The first-order valence-electron chi connectivity index (χ1n) is 7.34. The van der Waals surface area contributed by atoms with Gasteiger partial charge in [0.25, 0.3) is 0 Å². The van der Waals surface area contributed by atoms with E-state index in [0.29, 0.717) is 13.2 Å². The van der Waals surface area contributed by atoms with Crippen LogP contribution in [0.15, 0.2) is 41.4 Å². The molecule has 0 atom stereocenters. The maximum Gasteiger partial charge on any atom is 0.161 e. The van der Waals surface area contributed by atoms with Crippen LogP contribution in [0.4, 0.5) is 5.69 Å². The van der Waals surface area contributed by atoms with Crippen LogP contribution < -0.4 is 9.47 Å². The Balaban J connectivity index is 2.22. The van der Waals surface area contributed by atoms with Gasteiger partial charge in [0.1, 0.15) is 0 Å². The van der Waals surface area contributed by atoms with Gasteiger partial charge in [-0.15, -0.1) is 0 Å². The first-order valence-corrected chi connectivity index (χ1v) is 7.71. The fourth-order valence-corrected chi connectivity index (χ4v) is 2.13. The maximum absolute atomic E-state index is 6.11. The Labute approximate surface area is 136 Å². The molecule has 22 heavy (non-hydrogen) atoms. The van der Waals surface area contributed by atoms with E-state index in [1.165, 1.54) is 0 Å². The number of nitrogens with zero attached hydrogens (tertiary/aromatic N) is 1. The summed E-state index contributed by atoms with van der Waals surface area (Å²) in [6.45, 7) is 7.07. The molecular weight excluding hydrogens is 298 g/mol. The SMILES string of the molecule is CCOc1ccc(C=Nc2ccc(C)c(Cl)c2)cc1OCC. The van der Waals surface area contributed by atoms with Crippen LogP contribution in [0.1, 0.15) is 25.0 Å². The summed E-state index contributed by atoms with van der Waals surface area (Å²) >= 11 is 6.11. The minimum atomic E-state index is 0.592. The average molecular weight is 318 g/mol. The van der Waals surface area contributed by atoms with Crippen LogP contribution in [0.3, 0.4) is 0 Å². The molecule has 0 aromatic heterocycles. The van der Waals surface area contributed by atoms with Crippen LogP contribution in [0.25, 0.3) is 0 Å². The summed E-state index contributed by atoms with van der Waals surface area (Å²) in [4.78, 5) is 4.45. The predicted octanol–water partition coefficient (Wildman–Crippen LogP) is 5.20. The Kier molecular flexibility index (Phi) is 5.84. The zero-order valence-corrected chi connectivity index (χ0v) is 13.9. The highest BCUT2D eigenvalue weighted by atomic mass is 35.5. The van der Waals surface area contributed by atoms with Gasteiger partial charge in [0.05, 0.1) is 18.9 Å². The van der Waals surface area contributed by atoms with E-state index < -0.39 is 0 Å². The zero-order chi connectivity index (χ0) is 15.9. The van der Waals surface area contributed by atoms with E-state index in [4.69, 9.17) is 21.1 Å². The van der Waals surface area contributed by atoms with Crippen molar-refractivity contribution in [2.45, 2.75) is 20.8 Å². The number of ether oxygens (including phenoxy) is 2. The van der Waals surface area contributed by atoms with Crippen molar-refractivity contribution in [2.75, 3.05) is 13.2 Å². The Morgan fingerprint density at radius 2 is 1.73 bits per heavy atom. The lowest BCUT2D eigenvalue weighted by molar-refractivity contribution is 0.288. The van der Waals surface area contributed by atoms with Crippen molar-refractivity contribution in [2.24, 2.45) is 4.99 Å². The number of aryl methyl sites for hydroxylation is 1. The van der Waals surface area contributed by atoms with E-state index in [1.54, 1.807) is 6.21 Å². The molecular formula is C18H20ClNO2. The molecule has 0 saturated heterocycles. The topological polar surface area (TPSA) is 30.8 Å². The first-order chi connectivity index (χ1) is 10.6. The van der Waals surface area contributed by atoms with Gasteiger partial charge in [0.2, 0.25) is 0 Å². The average Bonchev–Trinajstić information content (AvgIpc) is 2.51. The van der Waals surface area contributed by atoms with E-state index in [2.05, 4.69) is 4.99 Å². The van der Waals surface area contributed by atoms with Crippen LogP contribution in [-0.4, -0.2) is 19.4 Å². The number of aliphatic imine (C=N–C) groups is 1. The van der Waals surface area contributed by atoms with Gasteiger partial charge in [-0.1, -0.05) is 17.7 Å². The largest absolute Gasteiger partial charge is 0.490 e. The number of rotatable bonds is 6. The summed E-state index contributed by atoms with van der Waals surface area (Å²) in [6.07, 6.45) is 1.79. The summed E-state index contributed by atoms with van der Waals surface area (Å²) < 4.78 is 11.2. The lowest BCUT2D eigenvalue weighted by atomic mass is 10.2. The molecule has 0 N–H and O–H groups in total. The molecule has 0 heterocycles. The van der Waals surface area contributed by atoms with E-state index in [1.807, 2.05) is 57.2 Å². The fraction of sp³-hybridized carbons (Fsp3) is 0.278. The number of halogens is 1. The van der Waals surface area contributed by atoms with Gasteiger partial charge < -0.3 is 9.47 Å². The highest BCUT2D eigenvalue weighted by Crippen LogP contribution is 2.28. The second-order valence-corrected chi connectivity index (χ2v) is 5.17. The Bertz CT molecular complexity index is 668. The molecule has 0 unspecified atom stereocenters. The normalized spacial score (nSPS) is 10.9. The number of benzene rings is 2. The van der Waals surface area contributed by atoms with E-state index in [0.717, 1.165) is 33.3 Å². The number of hydrogen-bond donors (Lipinski definition) is 0. The van der Waals surface area contributed by atoms with Crippen molar-refractivity contribution in [1.82, 2.24) is 0 Å². The lowest BCUT2D eigenvalue weighted by Gasteiger charge is -2.11. The monoisotopic (exact) mass is 317 g/mol. The summed E-state index contributed by atoms with van der Waals surface area (Å²) in [7, 11) is 0. The molecule has 0 bridgehead atoms. The second-order valence-electron chi connectivity index (χ2n) is 4.76. The van der Waals surface area contributed by atoms with Crippen molar-refractivity contribution in [3.8, 4) is 11.5 Å². The molecule has 2 aromatic carbocycles. The lowest BCUT2D eigenvalue weighted by Crippen LogP contribution is -1.99.